The molecule has 0 fully saturated rings. The number of hydrogen-bond donors (Lipinski definition) is 1. The van der Waals surface area contributed by atoms with Crippen LogP contribution in [0.15, 0.2) is 47.2 Å². The minimum Gasteiger partial charge on any atom is -0.388 e. The first-order chi connectivity index (χ1) is 9.49. The Morgan fingerprint density at radius 1 is 1.20 bits per heavy atom. The Morgan fingerprint density at radius 3 is 2.50 bits per heavy atom. The van der Waals surface area contributed by atoms with Gasteiger partial charge in [-0.2, -0.15) is 11.3 Å². The van der Waals surface area contributed by atoms with Crippen LogP contribution >= 0.6 is 11.3 Å². The molecule has 0 amide bonds. The number of nitrogens with zero attached hydrogens (tertiary/aromatic N) is 1. The number of aliphatic hydroxyl groups excluding tert-OH is 1. The summed E-state index contributed by atoms with van der Waals surface area (Å²) in [5.41, 5.74) is 2.13. The summed E-state index contributed by atoms with van der Waals surface area (Å²) < 4.78 is 0. The van der Waals surface area contributed by atoms with E-state index in [1.165, 1.54) is 5.56 Å². The largest absolute Gasteiger partial charge is 0.388 e. The summed E-state index contributed by atoms with van der Waals surface area (Å²) in [7, 11) is 2.11. The van der Waals surface area contributed by atoms with Crippen molar-refractivity contribution in [3.8, 4) is 0 Å². The van der Waals surface area contributed by atoms with Gasteiger partial charge in [0.1, 0.15) is 0 Å². The molecular weight excluding hydrogens is 266 g/mol. The molecule has 1 N–H and O–H groups in total. The van der Waals surface area contributed by atoms with Crippen LogP contribution in [0.4, 0.5) is 0 Å². The maximum atomic E-state index is 10.6. The second-order valence-electron chi connectivity index (χ2n) is 6.11. The van der Waals surface area contributed by atoms with E-state index in [0.717, 1.165) is 18.7 Å². The van der Waals surface area contributed by atoms with Crippen molar-refractivity contribution in [2.75, 3.05) is 13.6 Å². The highest BCUT2D eigenvalue weighted by atomic mass is 32.1. The smallest absolute Gasteiger partial charge is 0.0853 e. The normalized spacial score (nSPS) is 13.7. The molecule has 0 spiro atoms. The van der Waals surface area contributed by atoms with E-state index in [-0.39, 0.29) is 5.41 Å². The summed E-state index contributed by atoms with van der Waals surface area (Å²) in [4.78, 5) is 2.27. The standard InChI is InChI=1S/C17H23NOS/c1-17(2,16(19)15-7-5-4-6-8-15)13-18(3)11-14-9-10-20-12-14/h4-10,12,16,19H,11,13H2,1-3H3. The van der Waals surface area contributed by atoms with Gasteiger partial charge in [0, 0.05) is 18.5 Å². The third-order valence-corrected chi connectivity index (χ3v) is 4.30. The third-order valence-electron chi connectivity index (χ3n) is 3.57. The van der Waals surface area contributed by atoms with Crippen LogP contribution in [0.1, 0.15) is 31.1 Å². The van der Waals surface area contributed by atoms with Crippen LogP contribution in [0.5, 0.6) is 0 Å². The molecule has 3 heteroatoms. The first kappa shape index (κ1) is 15.2. The Hall–Kier alpha value is -1.16. The van der Waals surface area contributed by atoms with Crippen molar-refractivity contribution >= 4 is 11.3 Å². The van der Waals surface area contributed by atoms with Gasteiger partial charge in [-0.3, -0.25) is 0 Å². The van der Waals surface area contributed by atoms with Crippen molar-refractivity contribution in [1.82, 2.24) is 4.90 Å². The summed E-state index contributed by atoms with van der Waals surface area (Å²) in [5, 5.41) is 14.9. The minimum atomic E-state index is -0.450. The number of thiophene rings is 1. The van der Waals surface area contributed by atoms with Crippen molar-refractivity contribution in [3.05, 3.63) is 58.3 Å². The van der Waals surface area contributed by atoms with E-state index in [0.29, 0.717) is 0 Å². The second-order valence-corrected chi connectivity index (χ2v) is 6.89. The molecule has 0 aliphatic rings. The van der Waals surface area contributed by atoms with Gasteiger partial charge in [0.15, 0.2) is 0 Å². The molecule has 1 atom stereocenters. The third kappa shape index (κ3) is 3.92. The van der Waals surface area contributed by atoms with Crippen LogP contribution < -0.4 is 0 Å². The van der Waals surface area contributed by atoms with Crippen LogP contribution in [0.2, 0.25) is 0 Å². The lowest BCUT2D eigenvalue weighted by Gasteiger charge is -2.34. The Morgan fingerprint density at radius 2 is 1.90 bits per heavy atom. The van der Waals surface area contributed by atoms with Crippen molar-refractivity contribution in [3.63, 3.8) is 0 Å². The van der Waals surface area contributed by atoms with Crippen molar-refractivity contribution in [1.29, 1.82) is 0 Å². The summed E-state index contributed by atoms with van der Waals surface area (Å²) >= 11 is 1.73. The van der Waals surface area contributed by atoms with Gasteiger partial charge in [-0.1, -0.05) is 44.2 Å². The molecule has 108 valence electrons. The Labute approximate surface area is 125 Å². The van der Waals surface area contributed by atoms with E-state index < -0.39 is 6.10 Å². The molecule has 20 heavy (non-hydrogen) atoms. The lowest BCUT2D eigenvalue weighted by atomic mass is 9.82. The van der Waals surface area contributed by atoms with Crippen LogP contribution in [0.3, 0.4) is 0 Å². The maximum Gasteiger partial charge on any atom is 0.0853 e. The monoisotopic (exact) mass is 289 g/mol. The molecule has 0 radical (unpaired) electrons. The molecule has 2 nitrogen and oxygen atoms in total. The van der Waals surface area contributed by atoms with Crippen molar-refractivity contribution < 1.29 is 5.11 Å². The fourth-order valence-electron chi connectivity index (χ4n) is 2.62. The first-order valence-electron chi connectivity index (χ1n) is 6.92. The highest BCUT2D eigenvalue weighted by Gasteiger charge is 2.30. The summed E-state index contributed by atoms with van der Waals surface area (Å²) in [6.45, 7) is 6.01. The van der Waals surface area contributed by atoms with Crippen molar-refractivity contribution in [2.24, 2.45) is 5.41 Å². The molecular formula is C17H23NOS. The molecule has 0 aliphatic heterocycles. The summed E-state index contributed by atoms with van der Waals surface area (Å²) in [6.07, 6.45) is -0.450. The van der Waals surface area contributed by atoms with E-state index >= 15 is 0 Å². The molecule has 2 aromatic rings. The van der Waals surface area contributed by atoms with E-state index in [1.807, 2.05) is 30.3 Å². The summed E-state index contributed by atoms with van der Waals surface area (Å²) in [5.74, 6) is 0. The highest BCUT2D eigenvalue weighted by molar-refractivity contribution is 7.07. The number of aliphatic hydroxyl groups is 1. The Balaban J connectivity index is 1.99. The minimum absolute atomic E-state index is 0.188. The first-order valence-corrected chi connectivity index (χ1v) is 7.86. The van der Waals surface area contributed by atoms with Gasteiger partial charge in [-0.25, -0.2) is 0 Å². The molecule has 1 unspecified atom stereocenters. The fourth-order valence-corrected chi connectivity index (χ4v) is 3.28. The zero-order chi connectivity index (χ0) is 14.6. The van der Waals surface area contributed by atoms with Crippen LogP contribution in [-0.2, 0) is 6.54 Å². The predicted molar refractivity (Wildman–Crippen MR) is 85.8 cm³/mol. The van der Waals surface area contributed by atoms with Gasteiger partial charge >= 0.3 is 0 Å². The molecule has 0 aliphatic carbocycles. The second kappa shape index (κ2) is 6.53. The average Bonchev–Trinajstić information content (AvgIpc) is 2.91. The fraction of sp³-hybridized carbons (Fsp3) is 0.412. The van der Waals surface area contributed by atoms with Crippen LogP contribution in [0.25, 0.3) is 0 Å². The van der Waals surface area contributed by atoms with Gasteiger partial charge < -0.3 is 10.0 Å². The molecule has 0 saturated heterocycles. The van der Waals surface area contributed by atoms with E-state index in [4.69, 9.17) is 0 Å². The number of rotatable bonds is 6. The van der Waals surface area contributed by atoms with E-state index in [1.54, 1.807) is 11.3 Å². The number of benzene rings is 1. The molecule has 0 saturated carbocycles. The lowest BCUT2D eigenvalue weighted by Crippen LogP contribution is -2.35. The number of hydrogen-bond acceptors (Lipinski definition) is 3. The molecule has 0 bridgehead atoms. The Bertz CT molecular complexity index is 507. The highest BCUT2D eigenvalue weighted by Crippen LogP contribution is 2.34. The van der Waals surface area contributed by atoms with E-state index in [2.05, 4.69) is 42.6 Å². The Kier molecular flexibility index (Phi) is 4.97. The summed E-state index contributed by atoms with van der Waals surface area (Å²) in [6, 6.07) is 12.1. The van der Waals surface area contributed by atoms with Crippen LogP contribution in [-0.4, -0.2) is 23.6 Å². The van der Waals surface area contributed by atoms with Crippen molar-refractivity contribution in [2.45, 2.75) is 26.5 Å². The van der Waals surface area contributed by atoms with Crippen LogP contribution in [0, 0.1) is 5.41 Å². The van der Waals surface area contributed by atoms with Gasteiger partial charge in [0.2, 0.25) is 0 Å². The predicted octanol–water partition coefficient (Wildman–Crippen LogP) is 3.94. The topological polar surface area (TPSA) is 23.5 Å². The zero-order valence-corrected chi connectivity index (χ0v) is 13.2. The van der Waals surface area contributed by atoms with Gasteiger partial charge in [0.25, 0.3) is 0 Å². The van der Waals surface area contributed by atoms with Gasteiger partial charge in [0.05, 0.1) is 6.10 Å². The molecule has 2 rings (SSSR count). The molecule has 1 aromatic heterocycles. The maximum absolute atomic E-state index is 10.6. The molecule has 1 heterocycles. The van der Waals surface area contributed by atoms with Gasteiger partial charge in [-0.15, -0.1) is 0 Å². The van der Waals surface area contributed by atoms with E-state index in [9.17, 15) is 5.11 Å². The zero-order valence-electron chi connectivity index (χ0n) is 12.4. The lowest BCUT2D eigenvalue weighted by molar-refractivity contribution is 0.0244. The molecule has 1 aromatic carbocycles. The van der Waals surface area contributed by atoms with Gasteiger partial charge in [-0.05, 0) is 35.0 Å². The quantitative estimate of drug-likeness (QED) is 0.870. The SMILES string of the molecule is CN(Cc1ccsc1)CC(C)(C)C(O)c1ccccc1. The average molecular weight is 289 g/mol.